The van der Waals surface area contributed by atoms with Crippen LogP contribution in [0.1, 0.15) is 96.8 Å². The van der Waals surface area contributed by atoms with Gasteiger partial charge >= 0.3 is 0 Å². The third kappa shape index (κ3) is 26.3. The topological polar surface area (TPSA) is 373 Å². The lowest BCUT2D eigenvalue weighted by atomic mass is 9.91. The molecule has 0 radical (unpaired) electrons. The number of rotatable bonds is 36. The summed E-state index contributed by atoms with van der Waals surface area (Å²) in [6.45, 7) is 18.1. The normalized spacial score (nSPS) is 17.5. The van der Waals surface area contributed by atoms with Crippen LogP contribution < -0.4 is 59.2 Å². The summed E-state index contributed by atoms with van der Waals surface area (Å²) in [7, 11) is 11.7. The van der Waals surface area contributed by atoms with E-state index in [1.807, 2.05) is 18.2 Å². The van der Waals surface area contributed by atoms with Crippen molar-refractivity contribution in [2.45, 2.75) is 88.4 Å². The number of Topliss-reactive ketones (excluding diaryl/α,β-unsaturated/α-hetero) is 4. The molecule has 4 aromatic carbocycles. The number of carbonyl (C=O) groups excluding carboxylic acids is 8. The zero-order valence-electron chi connectivity index (χ0n) is 78.1. The molecule has 4 saturated heterocycles. The number of hydrogen-bond donors (Lipinski definition) is 4. The lowest BCUT2D eigenvalue weighted by Gasteiger charge is -2.31. The van der Waals surface area contributed by atoms with Gasteiger partial charge < -0.3 is 78.1 Å². The molecule has 0 aliphatic carbocycles. The Kier molecular flexibility index (Phi) is 38.4. The maximum atomic E-state index is 14.8. The van der Waals surface area contributed by atoms with Gasteiger partial charge in [-0.15, -0.1) is 45.3 Å². The fraction of sp³-hybridized carbons (Fsp3) is 0.340. The minimum Gasteiger partial charge on any atom is -0.495 e. The molecule has 8 unspecified atom stereocenters. The van der Waals surface area contributed by atoms with Crippen LogP contribution in [-0.2, 0) is 89.5 Å². The lowest BCUT2D eigenvalue weighted by Crippen LogP contribution is -2.45. The fourth-order valence-corrected chi connectivity index (χ4v) is 22.2. The number of amides is 4. The van der Waals surface area contributed by atoms with E-state index in [9.17, 15) is 42.7 Å². The maximum Gasteiger partial charge on any atom is 0.243 e. The number of ketones is 4. The Morgan fingerprint density at radius 3 is 0.965 bits per heavy atom. The third-order valence-electron chi connectivity index (χ3n) is 23.9. The molecule has 16 rings (SSSR count). The van der Waals surface area contributed by atoms with Crippen molar-refractivity contribution in [3.8, 4) is 46.0 Å². The first-order valence-corrected chi connectivity index (χ1v) is 50.1. The minimum absolute atomic E-state index is 0.00241. The Bertz CT molecular complexity index is 6290. The highest BCUT2D eigenvalue weighted by Gasteiger charge is 2.36. The number of nitrogens with one attached hydrogen (secondary N) is 4. The van der Waals surface area contributed by atoms with Gasteiger partial charge in [0.2, 0.25) is 23.6 Å². The van der Waals surface area contributed by atoms with Gasteiger partial charge in [0.25, 0.3) is 0 Å². The summed E-state index contributed by atoms with van der Waals surface area (Å²) in [6.07, 6.45) is 15.4. The Morgan fingerprint density at radius 2 is 0.627 bits per heavy atom. The van der Waals surface area contributed by atoms with Crippen LogP contribution in [0.3, 0.4) is 0 Å². The Morgan fingerprint density at radius 1 is 0.352 bits per heavy atom. The second-order valence-corrected chi connectivity index (χ2v) is 39.8. The van der Waals surface area contributed by atoms with Gasteiger partial charge in [-0.05, 0) is 97.2 Å². The smallest absolute Gasteiger partial charge is 0.243 e. The third-order valence-corrected chi connectivity index (χ3v) is 31.3. The molecule has 4 N–H and O–H groups in total. The van der Waals surface area contributed by atoms with Gasteiger partial charge in [0.15, 0.2) is 34.7 Å². The monoisotopic (exact) mass is 2150 g/mol. The van der Waals surface area contributed by atoms with E-state index < -0.39 is 5.82 Å². The van der Waals surface area contributed by atoms with Crippen molar-refractivity contribution in [2.24, 2.45) is 23.7 Å². The number of ether oxygens (including phenoxy) is 12. The van der Waals surface area contributed by atoms with Crippen molar-refractivity contribution in [3.05, 3.63) is 242 Å². The molecule has 12 heterocycles. The molecule has 4 aliphatic heterocycles. The SMILES string of the molecule is C=CC(=O)NC1CCOCC1Cc1cc2cc(C(=O)Cc3c(Cl)c(OC)cc(OC)c3Cl)sc2cn1.C=CC(=O)NC1CCOCC1Cc1ncc2sc(C(=O)Cc3c(Cl)c(OC)cc(OC)c3Cl)cc2n1.C=CC(=O)NC1COCC1Cc1cc2cc(C(=O)Cc3c(F)c(OC)cc(OC)c3Cl)sc2cn1.C=CC(=O)NC1COCC1Cc1ncc2sc(C(=O)Cc3c(Cl)c(OC)cc(OC)c3Cl)cc2n1. The van der Waals surface area contributed by atoms with Crippen molar-refractivity contribution >= 4 is 214 Å². The molecular weight excluding hydrogens is 2060 g/mol. The van der Waals surface area contributed by atoms with Crippen molar-refractivity contribution < 1.29 is 99.6 Å². The minimum atomic E-state index is -0.686. The molecular formula is C100H98Cl7FN10O20S4. The molecule has 4 amide bonds. The first-order valence-electron chi connectivity index (χ1n) is 44.2. The molecule has 4 aliphatic rings. The number of hydrogen-bond acceptors (Lipinski definition) is 30. The summed E-state index contributed by atoms with van der Waals surface area (Å²) in [5.74, 6) is 1.69. The summed E-state index contributed by atoms with van der Waals surface area (Å²) >= 11 is 50.2. The van der Waals surface area contributed by atoms with Crippen LogP contribution in [-0.4, -0.2) is 211 Å². The highest BCUT2D eigenvalue weighted by molar-refractivity contribution is 7.22. The first-order chi connectivity index (χ1) is 68.3. The average Bonchev–Trinajstić information content (AvgIpc) is 1.51. The van der Waals surface area contributed by atoms with Crippen LogP contribution >= 0.6 is 127 Å². The van der Waals surface area contributed by atoms with E-state index in [1.165, 1.54) is 133 Å². The number of fused-ring (bicyclic) bond motifs is 4. The Labute approximate surface area is 867 Å². The average molecular weight is 2160 g/mol. The quantitative estimate of drug-likeness (QED) is 0.0209. The largest absolute Gasteiger partial charge is 0.495 e. The van der Waals surface area contributed by atoms with Gasteiger partial charge in [0.1, 0.15) is 51.9 Å². The number of thiophene rings is 4. The van der Waals surface area contributed by atoms with Crippen molar-refractivity contribution in [1.29, 1.82) is 0 Å². The second kappa shape index (κ2) is 50.4. The summed E-state index contributed by atoms with van der Waals surface area (Å²) in [6, 6.07) is 16.9. The van der Waals surface area contributed by atoms with E-state index >= 15 is 0 Å². The van der Waals surface area contributed by atoms with E-state index in [0.29, 0.717) is 178 Å². The lowest BCUT2D eigenvalue weighted by molar-refractivity contribution is -0.119. The van der Waals surface area contributed by atoms with Crippen LogP contribution in [0, 0.1) is 29.5 Å². The molecule has 748 valence electrons. The Balaban J connectivity index is 0.000000159. The van der Waals surface area contributed by atoms with Crippen molar-refractivity contribution in [3.63, 3.8) is 0 Å². The molecule has 142 heavy (non-hydrogen) atoms. The molecule has 42 heteroatoms. The van der Waals surface area contributed by atoms with Crippen LogP contribution in [0.15, 0.2) is 136 Å². The Hall–Kier alpha value is -11.1. The predicted octanol–water partition coefficient (Wildman–Crippen LogP) is 18.7. The van der Waals surface area contributed by atoms with Gasteiger partial charge in [0, 0.05) is 170 Å². The number of pyridine rings is 2. The first kappa shape index (κ1) is 108. The van der Waals surface area contributed by atoms with Gasteiger partial charge in [-0.25, -0.2) is 24.3 Å². The second-order valence-electron chi connectivity index (χ2n) is 32.8. The summed E-state index contributed by atoms with van der Waals surface area (Å²) in [4.78, 5) is 129. The number of benzene rings is 4. The highest BCUT2D eigenvalue weighted by atomic mass is 35.5. The molecule has 4 fully saturated rings. The molecule has 8 atom stereocenters. The van der Waals surface area contributed by atoms with Crippen molar-refractivity contribution in [2.75, 3.05) is 110 Å². The number of carbonyl (C=O) groups is 8. The van der Waals surface area contributed by atoms with Gasteiger partial charge in [-0.2, -0.15) is 0 Å². The number of methoxy groups -OCH3 is 8. The number of aromatic nitrogens is 6. The summed E-state index contributed by atoms with van der Waals surface area (Å²) in [5.41, 5.74) is 4.41. The predicted molar refractivity (Wildman–Crippen MR) is 549 cm³/mol. The molecule has 12 aromatic rings. The van der Waals surface area contributed by atoms with Crippen LogP contribution in [0.25, 0.3) is 40.6 Å². The number of halogens is 8. The fourth-order valence-electron chi connectivity index (χ4n) is 16.3. The van der Waals surface area contributed by atoms with Gasteiger partial charge in [0.05, 0.1) is 193 Å². The van der Waals surface area contributed by atoms with E-state index in [4.69, 9.17) is 138 Å². The van der Waals surface area contributed by atoms with E-state index in [-0.39, 0.29) is 173 Å². The van der Waals surface area contributed by atoms with E-state index in [2.05, 4.69) is 77.5 Å². The van der Waals surface area contributed by atoms with Crippen LogP contribution in [0.4, 0.5) is 4.39 Å². The molecule has 0 bridgehead atoms. The van der Waals surface area contributed by atoms with E-state index in [0.717, 1.165) is 47.4 Å². The van der Waals surface area contributed by atoms with Crippen LogP contribution in [0.2, 0.25) is 35.2 Å². The van der Waals surface area contributed by atoms with Crippen molar-refractivity contribution in [1.82, 2.24) is 51.2 Å². The standard InChI is InChI=1S/C26H26Cl2N2O5S.C25H25Cl2N3O5S.C25H24ClFN2O5S.C24H23Cl2N3O5S/c1-4-24(32)30-18-5-6-35-13-15(18)8-16-7-14-9-22(36-23(14)12-29-16)19(31)10-17-25(27)20(33-2)11-21(34-3)26(17)28;1-4-23(32)30-15-5-6-35-12-13(15)7-22-28-11-21-16(29-22)9-20(36-21)17(31)8-14-24(26)18(33-2)10-19(34-3)25(14)27;1-4-23(31)29-17-12-34-11-14(17)6-15-5-13-7-21(35-22(13)10-28-15)18(30)8-16-24(26)19(32-2)9-20(33-3)25(16)27;1-4-22(31)29-15-11-34-10-12(15)5-21-27-9-20-14(28-21)7-19(35-20)16(30)6-13-23(25)17(32-2)8-18(33-3)24(13)26/h4,7,9,11-12,15,18H,1,5-6,8,10,13H2,2-3H3,(H,30,32);4,9-11,13,15H,1,5-8,12H2,2-3H3,(H,30,32);4-5,7,9-10,14,17H,1,6,8,11-12H2,2-3H3,(H,29,31);4,7-9,12,15H,1,5-6,10-11H2,2-3H3,(H,29,31). The zero-order chi connectivity index (χ0) is 102. The summed E-state index contributed by atoms with van der Waals surface area (Å²) in [5, 5.41) is 15.2. The molecule has 30 nitrogen and oxygen atoms in total. The van der Waals surface area contributed by atoms with Gasteiger partial charge in [-0.1, -0.05) is 108 Å². The highest BCUT2D eigenvalue weighted by Crippen LogP contribution is 2.47. The summed E-state index contributed by atoms with van der Waals surface area (Å²) < 4.78 is 82.5. The van der Waals surface area contributed by atoms with Gasteiger partial charge in [-0.3, -0.25) is 48.3 Å². The zero-order valence-corrected chi connectivity index (χ0v) is 86.6. The van der Waals surface area contributed by atoms with E-state index in [1.54, 1.807) is 61.2 Å². The maximum absolute atomic E-state index is 14.8. The molecule has 0 saturated carbocycles. The molecule has 0 spiro atoms. The number of nitrogens with zero attached hydrogens (tertiary/aromatic N) is 6. The van der Waals surface area contributed by atoms with Crippen LogP contribution in [0.5, 0.6) is 46.0 Å². The molecule has 8 aromatic heterocycles.